The van der Waals surface area contributed by atoms with Crippen molar-refractivity contribution in [1.82, 2.24) is 0 Å². The van der Waals surface area contributed by atoms with Crippen LogP contribution >= 0.6 is 0 Å². The summed E-state index contributed by atoms with van der Waals surface area (Å²) in [5, 5.41) is 0. The van der Waals surface area contributed by atoms with E-state index in [1.54, 1.807) is 13.8 Å². The minimum absolute atomic E-state index is 0.141. The van der Waals surface area contributed by atoms with Crippen LogP contribution in [0.15, 0.2) is 0 Å². The fourth-order valence-electron chi connectivity index (χ4n) is 1.35. The van der Waals surface area contributed by atoms with Crippen LogP contribution < -0.4 is 0 Å². The highest BCUT2D eigenvalue weighted by Gasteiger charge is 2.34. The van der Waals surface area contributed by atoms with E-state index in [1.807, 2.05) is 27.7 Å². The van der Waals surface area contributed by atoms with Crippen LogP contribution in [0.25, 0.3) is 0 Å². The van der Waals surface area contributed by atoms with Gasteiger partial charge in [0.05, 0.1) is 0 Å². The maximum Gasteiger partial charge on any atom is 0.135 e. The Labute approximate surface area is 80.7 Å². The molecule has 0 fully saturated rings. The van der Waals surface area contributed by atoms with Crippen LogP contribution in [-0.4, -0.2) is 11.6 Å². The lowest BCUT2D eigenvalue weighted by atomic mass is 9.71. The topological polar surface area (TPSA) is 34.1 Å². The van der Waals surface area contributed by atoms with Gasteiger partial charge >= 0.3 is 0 Å². The van der Waals surface area contributed by atoms with E-state index in [2.05, 4.69) is 0 Å². The highest BCUT2D eigenvalue weighted by atomic mass is 16.1. The van der Waals surface area contributed by atoms with E-state index in [0.717, 1.165) is 0 Å². The highest BCUT2D eigenvalue weighted by molar-refractivity contribution is 5.85. The molecule has 0 radical (unpaired) electrons. The van der Waals surface area contributed by atoms with Crippen LogP contribution in [0.4, 0.5) is 0 Å². The first-order valence-electron chi connectivity index (χ1n) is 4.62. The fraction of sp³-hybridized carbons (Fsp3) is 0.818. The molecule has 0 saturated carbocycles. The first-order chi connectivity index (χ1) is 5.59. The number of hydrogen-bond donors (Lipinski definition) is 0. The van der Waals surface area contributed by atoms with Crippen LogP contribution in [0.1, 0.15) is 48.0 Å². The molecule has 0 amide bonds. The first kappa shape index (κ1) is 12.3. The second kappa shape index (κ2) is 3.60. The Balaban J connectivity index is 4.61. The van der Waals surface area contributed by atoms with Gasteiger partial charge in [-0.3, -0.25) is 9.59 Å². The Morgan fingerprint density at radius 1 is 0.846 bits per heavy atom. The van der Waals surface area contributed by atoms with Gasteiger partial charge < -0.3 is 0 Å². The third-order valence-corrected chi connectivity index (χ3v) is 2.79. The third kappa shape index (κ3) is 3.29. The average Bonchev–Trinajstić information content (AvgIpc) is 1.83. The molecule has 0 aromatic rings. The summed E-state index contributed by atoms with van der Waals surface area (Å²) >= 11 is 0. The summed E-state index contributed by atoms with van der Waals surface area (Å²) in [5.41, 5.74) is -0.787. The molecule has 0 aromatic carbocycles. The zero-order valence-electron chi connectivity index (χ0n) is 9.52. The van der Waals surface area contributed by atoms with Gasteiger partial charge in [-0.25, -0.2) is 0 Å². The molecular formula is C11H20O2. The van der Waals surface area contributed by atoms with Crippen molar-refractivity contribution in [3.8, 4) is 0 Å². The molecule has 2 nitrogen and oxygen atoms in total. The maximum absolute atomic E-state index is 11.3. The number of rotatable bonds is 4. The van der Waals surface area contributed by atoms with Gasteiger partial charge in [-0.05, 0) is 20.3 Å². The molecule has 13 heavy (non-hydrogen) atoms. The molecule has 0 spiro atoms. The Kier molecular flexibility index (Phi) is 3.42. The number of Topliss-reactive ketones (excluding diaryl/α,β-unsaturated/α-hetero) is 2. The molecule has 0 N–H and O–H groups in total. The van der Waals surface area contributed by atoms with Crippen molar-refractivity contribution in [2.24, 2.45) is 10.8 Å². The Morgan fingerprint density at radius 3 is 1.23 bits per heavy atom. The van der Waals surface area contributed by atoms with Crippen molar-refractivity contribution < 1.29 is 9.59 Å². The van der Waals surface area contributed by atoms with Crippen molar-refractivity contribution >= 4 is 11.6 Å². The van der Waals surface area contributed by atoms with E-state index in [4.69, 9.17) is 0 Å². The van der Waals surface area contributed by atoms with E-state index < -0.39 is 10.8 Å². The smallest absolute Gasteiger partial charge is 0.135 e. The largest absolute Gasteiger partial charge is 0.299 e. The second-order valence-corrected chi connectivity index (χ2v) is 5.06. The van der Waals surface area contributed by atoms with E-state index in [0.29, 0.717) is 6.42 Å². The molecular weight excluding hydrogens is 164 g/mol. The monoisotopic (exact) mass is 184 g/mol. The molecule has 0 aromatic heterocycles. The fourth-order valence-corrected chi connectivity index (χ4v) is 1.35. The molecule has 0 heterocycles. The number of carbonyl (C=O) groups is 2. The van der Waals surface area contributed by atoms with E-state index in [-0.39, 0.29) is 11.6 Å². The van der Waals surface area contributed by atoms with Crippen molar-refractivity contribution in [2.75, 3.05) is 0 Å². The Morgan fingerprint density at radius 2 is 1.08 bits per heavy atom. The summed E-state index contributed by atoms with van der Waals surface area (Å²) < 4.78 is 0. The molecule has 76 valence electrons. The van der Waals surface area contributed by atoms with E-state index in [9.17, 15) is 9.59 Å². The van der Waals surface area contributed by atoms with Gasteiger partial charge in [0.1, 0.15) is 11.6 Å². The van der Waals surface area contributed by atoms with E-state index >= 15 is 0 Å². The van der Waals surface area contributed by atoms with Gasteiger partial charge in [0.15, 0.2) is 0 Å². The van der Waals surface area contributed by atoms with Crippen molar-refractivity contribution in [3.05, 3.63) is 0 Å². The van der Waals surface area contributed by atoms with Gasteiger partial charge in [0, 0.05) is 10.8 Å². The standard InChI is InChI=1S/C11H20O2/c1-8(12)10(3,4)7-11(5,6)9(2)13/h7H2,1-6H3. The second-order valence-electron chi connectivity index (χ2n) is 5.06. The first-order valence-corrected chi connectivity index (χ1v) is 4.62. The summed E-state index contributed by atoms with van der Waals surface area (Å²) in [7, 11) is 0. The molecule has 0 bridgehead atoms. The average molecular weight is 184 g/mol. The predicted octanol–water partition coefficient (Wildman–Crippen LogP) is 2.61. The van der Waals surface area contributed by atoms with Gasteiger partial charge in [-0.2, -0.15) is 0 Å². The summed E-state index contributed by atoms with van der Waals surface area (Å²) in [5.74, 6) is 0.281. The van der Waals surface area contributed by atoms with Crippen molar-refractivity contribution in [2.45, 2.75) is 48.0 Å². The maximum atomic E-state index is 11.3. The lowest BCUT2D eigenvalue weighted by molar-refractivity contribution is -0.131. The zero-order chi connectivity index (χ0) is 10.9. The Hall–Kier alpha value is -0.660. The molecule has 0 aliphatic rings. The normalized spacial score (nSPS) is 12.8. The number of hydrogen-bond acceptors (Lipinski definition) is 2. The minimum Gasteiger partial charge on any atom is -0.299 e. The quantitative estimate of drug-likeness (QED) is 0.673. The van der Waals surface area contributed by atoms with Gasteiger partial charge in [0.25, 0.3) is 0 Å². The summed E-state index contributed by atoms with van der Waals surface area (Å²) in [6.45, 7) is 10.7. The van der Waals surface area contributed by atoms with Gasteiger partial charge in [0.2, 0.25) is 0 Å². The van der Waals surface area contributed by atoms with Crippen molar-refractivity contribution in [3.63, 3.8) is 0 Å². The van der Waals surface area contributed by atoms with Crippen molar-refractivity contribution in [1.29, 1.82) is 0 Å². The summed E-state index contributed by atoms with van der Waals surface area (Å²) in [6.07, 6.45) is 0.616. The Bertz CT molecular complexity index is 200. The number of carbonyl (C=O) groups excluding carboxylic acids is 2. The molecule has 0 saturated heterocycles. The van der Waals surface area contributed by atoms with Crippen LogP contribution in [0.2, 0.25) is 0 Å². The van der Waals surface area contributed by atoms with E-state index in [1.165, 1.54) is 0 Å². The highest BCUT2D eigenvalue weighted by Crippen LogP contribution is 2.34. The molecule has 0 unspecified atom stereocenters. The number of ketones is 2. The molecule has 0 aliphatic carbocycles. The van der Waals surface area contributed by atoms with Crippen LogP contribution in [0.3, 0.4) is 0 Å². The molecule has 0 atom stereocenters. The lowest BCUT2D eigenvalue weighted by Gasteiger charge is -2.31. The minimum atomic E-state index is -0.394. The summed E-state index contributed by atoms with van der Waals surface area (Å²) in [4.78, 5) is 22.5. The molecule has 0 rings (SSSR count). The van der Waals surface area contributed by atoms with Gasteiger partial charge in [-0.15, -0.1) is 0 Å². The van der Waals surface area contributed by atoms with Crippen LogP contribution in [0, 0.1) is 10.8 Å². The molecule has 2 heteroatoms. The SMILES string of the molecule is CC(=O)C(C)(C)CC(C)(C)C(C)=O. The van der Waals surface area contributed by atoms with Gasteiger partial charge in [-0.1, -0.05) is 27.7 Å². The predicted molar refractivity (Wildman–Crippen MR) is 53.5 cm³/mol. The van der Waals surface area contributed by atoms with Crippen LogP contribution in [-0.2, 0) is 9.59 Å². The lowest BCUT2D eigenvalue weighted by Crippen LogP contribution is -2.33. The van der Waals surface area contributed by atoms with Crippen LogP contribution in [0.5, 0.6) is 0 Å². The third-order valence-electron chi connectivity index (χ3n) is 2.79. The zero-order valence-corrected chi connectivity index (χ0v) is 9.52. The molecule has 0 aliphatic heterocycles. The summed E-state index contributed by atoms with van der Waals surface area (Å²) in [6, 6.07) is 0.